The van der Waals surface area contributed by atoms with Gasteiger partial charge in [0.25, 0.3) is 0 Å². The van der Waals surface area contributed by atoms with E-state index in [2.05, 4.69) is 18.7 Å². The van der Waals surface area contributed by atoms with Crippen molar-refractivity contribution in [2.24, 2.45) is 5.41 Å². The molecule has 0 saturated carbocycles. The molecule has 2 aromatic rings. The Balaban J connectivity index is 2.18. The zero-order valence-electron chi connectivity index (χ0n) is 22.2. The highest BCUT2D eigenvalue weighted by atomic mass is 32.2. The molecule has 1 aliphatic rings. The van der Waals surface area contributed by atoms with Crippen LogP contribution >= 0.6 is 11.8 Å². The van der Waals surface area contributed by atoms with Crippen molar-refractivity contribution in [2.75, 3.05) is 37.2 Å². The van der Waals surface area contributed by atoms with Crippen LogP contribution in [0.3, 0.4) is 0 Å². The van der Waals surface area contributed by atoms with Gasteiger partial charge in [-0.1, -0.05) is 57.7 Å². The SMILES string of the molecule is CCCCC1(CCCC)CN(c2ccccc2)c2cc(SC)c(OCC(OC)C(=O)O)cc2S(=O)(=O)C1. The van der Waals surface area contributed by atoms with Crippen LogP contribution in [0.5, 0.6) is 5.75 Å². The lowest BCUT2D eigenvalue weighted by Gasteiger charge is -2.37. The lowest BCUT2D eigenvalue weighted by molar-refractivity contribution is -0.150. The number of aliphatic carboxylic acids is 1. The lowest BCUT2D eigenvalue weighted by atomic mass is 9.79. The van der Waals surface area contributed by atoms with Crippen LogP contribution in [0, 0.1) is 5.41 Å². The lowest BCUT2D eigenvalue weighted by Crippen LogP contribution is -2.38. The predicted octanol–water partition coefficient (Wildman–Crippen LogP) is 6.18. The number of carboxylic acids is 1. The number of carboxylic acid groups (broad SMARTS) is 1. The second-order valence-electron chi connectivity index (χ2n) is 9.73. The fraction of sp³-hybridized carbons (Fsp3) is 0.536. The first kappa shape index (κ1) is 29.3. The number of fused-ring (bicyclic) bond motifs is 1. The Labute approximate surface area is 225 Å². The zero-order chi connectivity index (χ0) is 27.1. The average Bonchev–Trinajstić information content (AvgIpc) is 2.98. The monoisotopic (exact) mass is 549 g/mol. The van der Waals surface area contributed by atoms with Crippen LogP contribution in [0.2, 0.25) is 0 Å². The first-order valence-electron chi connectivity index (χ1n) is 12.9. The number of anilines is 2. The first-order chi connectivity index (χ1) is 17.7. The molecule has 0 bridgehead atoms. The molecule has 7 nitrogen and oxygen atoms in total. The summed E-state index contributed by atoms with van der Waals surface area (Å²) >= 11 is 1.43. The summed E-state index contributed by atoms with van der Waals surface area (Å²) in [7, 11) is -2.37. The number of carbonyl (C=O) groups is 1. The van der Waals surface area contributed by atoms with Crippen molar-refractivity contribution >= 4 is 38.9 Å². The number of para-hydroxylation sites is 1. The van der Waals surface area contributed by atoms with Gasteiger partial charge in [-0.25, -0.2) is 13.2 Å². The second-order valence-corrected chi connectivity index (χ2v) is 12.5. The van der Waals surface area contributed by atoms with Gasteiger partial charge in [-0.05, 0) is 37.3 Å². The molecule has 204 valence electrons. The van der Waals surface area contributed by atoms with Crippen molar-refractivity contribution in [3.05, 3.63) is 42.5 Å². The molecule has 0 fully saturated rings. The number of nitrogens with zero attached hydrogens (tertiary/aromatic N) is 1. The number of rotatable bonds is 13. The van der Waals surface area contributed by atoms with Crippen LogP contribution in [0.15, 0.2) is 52.3 Å². The molecular weight excluding hydrogens is 510 g/mol. The summed E-state index contributed by atoms with van der Waals surface area (Å²) < 4.78 is 39.0. The first-order valence-corrected chi connectivity index (χ1v) is 15.7. The predicted molar refractivity (Wildman–Crippen MR) is 149 cm³/mol. The van der Waals surface area contributed by atoms with Gasteiger partial charge in [-0.15, -0.1) is 11.8 Å². The second kappa shape index (κ2) is 13.0. The van der Waals surface area contributed by atoms with Crippen molar-refractivity contribution < 1.29 is 27.8 Å². The largest absolute Gasteiger partial charge is 0.489 e. The summed E-state index contributed by atoms with van der Waals surface area (Å²) in [6, 6.07) is 13.4. The third kappa shape index (κ3) is 7.00. The molecular formula is C28H39NO6S2. The Bertz CT molecular complexity index is 1140. The Hall–Kier alpha value is -2.23. The normalized spacial score (nSPS) is 17.0. The average molecular weight is 550 g/mol. The molecule has 3 rings (SSSR count). The van der Waals surface area contributed by atoms with Gasteiger partial charge >= 0.3 is 5.97 Å². The molecule has 0 aromatic heterocycles. The van der Waals surface area contributed by atoms with Gasteiger partial charge in [0, 0.05) is 30.8 Å². The molecule has 0 aliphatic carbocycles. The van der Waals surface area contributed by atoms with Gasteiger partial charge in [-0.3, -0.25) is 0 Å². The summed E-state index contributed by atoms with van der Waals surface area (Å²) in [5.74, 6) is -0.715. The van der Waals surface area contributed by atoms with Crippen LogP contribution in [-0.4, -0.2) is 57.9 Å². The molecule has 1 atom stereocenters. The van der Waals surface area contributed by atoms with Gasteiger partial charge in [0.2, 0.25) is 0 Å². The zero-order valence-corrected chi connectivity index (χ0v) is 23.9. The minimum absolute atomic E-state index is 0.0736. The molecule has 9 heteroatoms. The van der Waals surface area contributed by atoms with Gasteiger partial charge in [0.1, 0.15) is 12.4 Å². The van der Waals surface area contributed by atoms with E-state index in [0.29, 0.717) is 18.0 Å². The molecule has 1 unspecified atom stereocenters. The van der Waals surface area contributed by atoms with Gasteiger partial charge in [0.05, 0.1) is 21.2 Å². The Kier molecular flexibility index (Phi) is 10.3. The fourth-order valence-electron chi connectivity index (χ4n) is 4.98. The fourth-order valence-corrected chi connectivity index (χ4v) is 7.65. The number of hydrogen-bond donors (Lipinski definition) is 1. The van der Waals surface area contributed by atoms with E-state index in [1.54, 1.807) is 6.07 Å². The van der Waals surface area contributed by atoms with E-state index in [0.717, 1.165) is 49.1 Å². The van der Waals surface area contributed by atoms with Crippen LogP contribution in [0.1, 0.15) is 52.4 Å². The molecule has 1 heterocycles. The van der Waals surface area contributed by atoms with Gasteiger partial charge in [-0.2, -0.15) is 0 Å². The maximum absolute atomic E-state index is 14.1. The minimum Gasteiger partial charge on any atom is -0.489 e. The summed E-state index contributed by atoms with van der Waals surface area (Å²) in [6.07, 6.45) is 6.37. The van der Waals surface area contributed by atoms with Crippen LogP contribution in [0.4, 0.5) is 11.4 Å². The number of ether oxygens (including phenoxy) is 2. The van der Waals surface area contributed by atoms with Crippen LogP contribution in [-0.2, 0) is 19.4 Å². The molecule has 0 amide bonds. The molecule has 0 radical (unpaired) electrons. The summed E-state index contributed by atoms with van der Waals surface area (Å²) in [5.41, 5.74) is 1.20. The number of unbranched alkanes of at least 4 members (excludes halogenated alkanes) is 2. The van der Waals surface area contributed by atoms with E-state index >= 15 is 0 Å². The van der Waals surface area contributed by atoms with E-state index in [1.807, 2.05) is 42.7 Å². The van der Waals surface area contributed by atoms with Crippen molar-refractivity contribution in [1.82, 2.24) is 0 Å². The maximum atomic E-state index is 14.1. The Morgan fingerprint density at radius 1 is 1.14 bits per heavy atom. The molecule has 1 N–H and O–H groups in total. The molecule has 2 aromatic carbocycles. The smallest absolute Gasteiger partial charge is 0.336 e. The highest BCUT2D eigenvalue weighted by Gasteiger charge is 2.42. The topological polar surface area (TPSA) is 93.1 Å². The van der Waals surface area contributed by atoms with E-state index in [1.165, 1.54) is 18.9 Å². The van der Waals surface area contributed by atoms with Crippen molar-refractivity contribution in [1.29, 1.82) is 0 Å². The van der Waals surface area contributed by atoms with E-state index in [-0.39, 0.29) is 22.7 Å². The standard InChI is InChI=1S/C28H39NO6S2/c1-5-7-14-28(15-8-6-2)19-29(21-12-10-9-11-13-21)22-16-25(36-4)23(17-26(22)37(32,33)20-28)35-18-24(34-3)27(30)31/h9-13,16-17,24H,5-8,14-15,18-20H2,1-4H3,(H,30,31). The van der Waals surface area contributed by atoms with E-state index in [9.17, 15) is 18.3 Å². The molecule has 0 saturated heterocycles. The highest BCUT2D eigenvalue weighted by molar-refractivity contribution is 7.98. The van der Waals surface area contributed by atoms with E-state index in [4.69, 9.17) is 9.47 Å². The Morgan fingerprint density at radius 2 is 1.78 bits per heavy atom. The summed E-state index contributed by atoms with van der Waals surface area (Å²) in [5, 5.41) is 9.34. The number of sulfone groups is 1. The van der Waals surface area contributed by atoms with Crippen LogP contribution in [0.25, 0.3) is 0 Å². The highest BCUT2D eigenvalue weighted by Crippen LogP contribution is 2.47. The van der Waals surface area contributed by atoms with Crippen molar-refractivity contribution in [2.45, 2.75) is 68.3 Å². The van der Waals surface area contributed by atoms with Gasteiger partial charge in [0.15, 0.2) is 15.9 Å². The summed E-state index contributed by atoms with van der Waals surface area (Å²) in [4.78, 5) is 14.5. The molecule has 37 heavy (non-hydrogen) atoms. The van der Waals surface area contributed by atoms with E-state index < -0.39 is 21.9 Å². The number of methoxy groups -OCH3 is 1. The minimum atomic E-state index is -3.67. The van der Waals surface area contributed by atoms with Gasteiger partial charge < -0.3 is 19.5 Å². The molecule has 1 aliphatic heterocycles. The number of hydrogen-bond acceptors (Lipinski definition) is 7. The quantitative estimate of drug-likeness (QED) is 0.296. The maximum Gasteiger partial charge on any atom is 0.336 e. The number of benzene rings is 2. The number of thioether (sulfide) groups is 1. The van der Waals surface area contributed by atoms with Crippen LogP contribution < -0.4 is 9.64 Å². The van der Waals surface area contributed by atoms with Crippen molar-refractivity contribution in [3.8, 4) is 5.75 Å². The third-order valence-electron chi connectivity index (χ3n) is 7.00. The Morgan fingerprint density at radius 3 is 2.32 bits per heavy atom. The van der Waals surface area contributed by atoms with Crippen molar-refractivity contribution in [3.63, 3.8) is 0 Å². The third-order valence-corrected chi connectivity index (χ3v) is 9.75. The molecule has 0 spiro atoms. The summed E-state index contributed by atoms with van der Waals surface area (Å²) in [6.45, 7) is 4.67.